The highest BCUT2D eigenvalue weighted by molar-refractivity contribution is 6.12. The first-order chi connectivity index (χ1) is 11.5. The van der Waals surface area contributed by atoms with Crippen LogP contribution >= 0.6 is 0 Å². The van der Waals surface area contributed by atoms with E-state index in [-0.39, 0.29) is 16.9 Å². The molecule has 24 heavy (non-hydrogen) atoms. The summed E-state index contributed by atoms with van der Waals surface area (Å²) in [5.74, 6) is -2.36. The minimum atomic E-state index is -1.28. The normalized spacial score (nSPS) is 10.8. The van der Waals surface area contributed by atoms with E-state index in [1.54, 1.807) is 12.1 Å². The van der Waals surface area contributed by atoms with Crippen molar-refractivity contribution in [1.29, 1.82) is 0 Å². The molecule has 0 saturated carbocycles. The van der Waals surface area contributed by atoms with Gasteiger partial charge in [0.2, 0.25) is 0 Å². The first-order valence-electron chi connectivity index (χ1n) is 8.19. The molecule has 0 unspecified atom stereocenters. The number of ether oxygens (including phenoxy) is 1. The van der Waals surface area contributed by atoms with E-state index in [4.69, 9.17) is 4.74 Å². The summed E-state index contributed by atoms with van der Waals surface area (Å²) >= 11 is 0. The van der Waals surface area contributed by atoms with E-state index >= 15 is 0 Å². The van der Waals surface area contributed by atoms with Crippen LogP contribution in [0.3, 0.4) is 0 Å². The summed E-state index contributed by atoms with van der Waals surface area (Å²) in [5.41, 5.74) is 0.169. The summed E-state index contributed by atoms with van der Waals surface area (Å²) in [5, 5.41) is 20.7. The molecule has 2 N–H and O–H groups in total. The van der Waals surface area contributed by atoms with Crippen molar-refractivity contribution in [3.05, 3.63) is 41.0 Å². The number of carboxylic acids is 2. The molecule has 0 aliphatic carbocycles. The van der Waals surface area contributed by atoms with Crippen LogP contribution in [-0.2, 0) is 6.42 Å². The number of hydrogen-bond acceptors (Lipinski definition) is 3. The molecule has 2 aromatic carbocycles. The molecule has 5 heteroatoms. The standard InChI is InChI=1S/C19H22O5/c1-3-5-8-13-12-9-6-7-10-14(12)17(24-11-4-2)16(19(22)23)15(13)18(20)21/h6-7,9-10H,3-5,8,11H2,1-2H3,(H,20,21)(H,22,23). The highest BCUT2D eigenvalue weighted by Gasteiger charge is 2.28. The third kappa shape index (κ3) is 3.35. The van der Waals surface area contributed by atoms with Gasteiger partial charge in [0.25, 0.3) is 0 Å². The van der Waals surface area contributed by atoms with Gasteiger partial charge in [-0.2, -0.15) is 0 Å². The Labute approximate surface area is 140 Å². The number of benzene rings is 2. The molecule has 0 bridgehead atoms. The third-order valence-corrected chi connectivity index (χ3v) is 3.93. The molecule has 0 aliphatic rings. The van der Waals surface area contributed by atoms with Crippen LogP contribution in [0.4, 0.5) is 0 Å². The number of carbonyl (C=O) groups is 2. The van der Waals surface area contributed by atoms with Crippen molar-refractivity contribution < 1.29 is 24.5 Å². The van der Waals surface area contributed by atoms with E-state index in [0.717, 1.165) is 18.2 Å². The van der Waals surface area contributed by atoms with Gasteiger partial charge in [-0.15, -0.1) is 0 Å². The molecule has 0 aliphatic heterocycles. The van der Waals surface area contributed by atoms with Crippen LogP contribution in [0.2, 0.25) is 0 Å². The van der Waals surface area contributed by atoms with Crippen LogP contribution in [0.1, 0.15) is 59.4 Å². The monoisotopic (exact) mass is 330 g/mol. The number of aryl methyl sites for hydroxylation is 1. The SMILES string of the molecule is CCCCc1c(C(=O)O)c(C(=O)O)c(OCCC)c2ccccc12. The van der Waals surface area contributed by atoms with Gasteiger partial charge < -0.3 is 14.9 Å². The van der Waals surface area contributed by atoms with Gasteiger partial charge in [-0.3, -0.25) is 0 Å². The second kappa shape index (κ2) is 7.81. The topological polar surface area (TPSA) is 83.8 Å². The summed E-state index contributed by atoms with van der Waals surface area (Å²) in [6.45, 7) is 4.26. The molecule has 0 radical (unpaired) electrons. The van der Waals surface area contributed by atoms with E-state index in [0.29, 0.717) is 30.4 Å². The van der Waals surface area contributed by atoms with Gasteiger partial charge in [0.15, 0.2) is 0 Å². The highest BCUT2D eigenvalue weighted by Crippen LogP contribution is 2.37. The van der Waals surface area contributed by atoms with E-state index in [1.165, 1.54) is 0 Å². The van der Waals surface area contributed by atoms with Gasteiger partial charge >= 0.3 is 11.9 Å². The number of carboxylic acid groups (broad SMARTS) is 2. The molecular weight excluding hydrogens is 308 g/mol. The van der Waals surface area contributed by atoms with Crippen LogP contribution < -0.4 is 4.74 Å². The molecule has 0 fully saturated rings. The Morgan fingerprint density at radius 1 is 0.958 bits per heavy atom. The number of fused-ring (bicyclic) bond motifs is 1. The number of rotatable bonds is 8. The average Bonchev–Trinajstić information content (AvgIpc) is 2.56. The van der Waals surface area contributed by atoms with Crippen molar-refractivity contribution in [3.8, 4) is 5.75 Å². The molecule has 0 atom stereocenters. The molecule has 0 spiro atoms. The van der Waals surface area contributed by atoms with Crippen molar-refractivity contribution in [2.24, 2.45) is 0 Å². The lowest BCUT2D eigenvalue weighted by Gasteiger charge is -2.18. The van der Waals surface area contributed by atoms with Crippen molar-refractivity contribution in [3.63, 3.8) is 0 Å². The molecule has 0 heterocycles. The van der Waals surface area contributed by atoms with E-state index in [1.807, 2.05) is 26.0 Å². The summed E-state index contributed by atoms with van der Waals surface area (Å²) in [7, 11) is 0. The highest BCUT2D eigenvalue weighted by atomic mass is 16.5. The Morgan fingerprint density at radius 3 is 2.12 bits per heavy atom. The fraction of sp³-hybridized carbons (Fsp3) is 0.368. The predicted octanol–water partition coefficient (Wildman–Crippen LogP) is 4.37. The van der Waals surface area contributed by atoms with Crippen LogP contribution in [0, 0.1) is 0 Å². The van der Waals surface area contributed by atoms with E-state index < -0.39 is 11.9 Å². The first kappa shape index (κ1) is 17.8. The number of aromatic carboxylic acids is 2. The fourth-order valence-corrected chi connectivity index (χ4v) is 2.89. The summed E-state index contributed by atoms with van der Waals surface area (Å²) in [4.78, 5) is 23.7. The van der Waals surface area contributed by atoms with Gasteiger partial charge in [-0.25, -0.2) is 9.59 Å². The fourth-order valence-electron chi connectivity index (χ4n) is 2.89. The minimum Gasteiger partial charge on any atom is -0.492 e. The zero-order chi connectivity index (χ0) is 17.7. The van der Waals surface area contributed by atoms with E-state index in [2.05, 4.69) is 0 Å². The Balaban J connectivity index is 2.89. The lowest BCUT2D eigenvalue weighted by atomic mass is 9.90. The van der Waals surface area contributed by atoms with Gasteiger partial charge in [0, 0.05) is 5.39 Å². The summed E-state index contributed by atoms with van der Waals surface area (Å²) in [6.07, 6.45) is 2.91. The zero-order valence-electron chi connectivity index (χ0n) is 14.0. The van der Waals surface area contributed by atoms with Crippen molar-refractivity contribution in [1.82, 2.24) is 0 Å². The summed E-state index contributed by atoms with van der Waals surface area (Å²) in [6, 6.07) is 7.25. The largest absolute Gasteiger partial charge is 0.492 e. The number of unbranched alkanes of at least 4 members (excludes halogenated alkanes) is 1. The van der Waals surface area contributed by atoms with Gasteiger partial charge in [-0.1, -0.05) is 44.5 Å². The van der Waals surface area contributed by atoms with Crippen LogP contribution in [0.5, 0.6) is 5.75 Å². The molecule has 0 amide bonds. The molecular formula is C19H22O5. The van der Waals surface area contributed by atoms with Crippen molar-refractivity contribution in [2.45, 2.75) is 39.5 Å². The lowest BCUT2D eigenvalue weighted by Crippen LogP contribution is -2.15. The maximum Gasteiger partial charge on any atom is 0.340 e. The molecule has 2 rings (SSSR count). The van der Waals surface area contributed by atoms with Crippen LogP contribution in [-0.4, -0.2) is 28.8 Å². The molecule has 128 valence electrons. The smallest absolute Gasteiger partial charge is 0.340 e. The van der Waals surface area contributed by atoms with E-state index in [9.17, 15) is 19.8 Å². The van der Waals surface area contributed by atoms with Crippen molar-refractivity contribution >= 4 is 22.7 Å². The van der Waals surface area contributed by atoms with Crippen LogP contribution in [0.25, 0.3) is 10.8 Å². The Morgan fingerprint density at radius 2 is 1.58 bits per heavy atom. The Kier molecular flexibility index (Phi) is 5.79. The average molecular weight is 330 g/mol. The second-order valence-electron chi connectivity index (χ2n) is 5.67. The molecule has 0 aromatic heterocycles. The maximum absolute atomic E-state index is 11.9. The third-order valence-electron chi connectivity index (χ3n) is 3.93. The second-order valence-corrected chi connectivity index (χ2v) is 5.67. The van der Waals surface area contributed by atoms with Gasteiger partial charge in [0.05, 0.1) is 12.2 Å². The van der Waals surface area contributed by atoms with Crippen molar-refractivity contribution in [2.75, 3.05) is 6.61 Å². The summed E-state index contributed by atoms with van der Waals surface area (Å²) < 4.78 is 5.67. The lowest BCUT2D eigenvalue weighted by molar-refractivity contribution is 0.0647. The first-order valence-corrected chi connectivity index (χ1v) is 8.19. The van der Waals surface area contributed by atoms with Crippen LogP contribution in [0.15, 0.2) is 24.3 Å². The Hall–Kier alpha value is -2.56. The molecule has 0 saturated heterocycles. The van der Waals surface area contributed by atoms with Gasteiger partial charge in [-0.05, 0) is 30.2 Å². The minimum absolute atomic E-state index is 0.151. The van der Waals surface area contributed by atoms with Gasteiger partial charge in [0.1, 0.15) is 11.3 Å². The maximum atomic E-state index is 11.9. The zero-order valence-corrected chi connectivity index (χ0v) is 14.0. The molecule has 2 aromatic rings. The number of hydrogen-bond donors (Lipinski definition) is 2. The quantitative estimate of drug-likeness (QED) is 0.751. The Bertz CT molecular complexity index is 699. The predicted molar refractivity (Wildman–Crippen MR) is 92.3 cm³/mol. The molecule has 5 nitrogen and oxygen atoms in total.